The molecule has 2 heterocycles. The number of nitrogens with zero attached hydrogens (tertiary/aromatic N) is 2. The summed E-state index contributed by atoms with van der Waals surface area (Å²) in [5.41, 5.74) is 6.44. The van der Waals surface area contributed by atoms with Crippen molar-refractivity contribution in [3.05, 3.63) is 28.8 Å². The van der Waals surface area contributed by atoms with Gasteiger partial charge in [0, 0.05) is 6.54 Å². The van der Waals surface area contributed by atoms with Gasteiger partial charge in [0.25, 0.3) is 5.19 Å². The molecule has 2 N–H and O–H groups in total. The molecule has 1 aromatic carbocycles. The molecule has 1 aliphatic heterocycles. The molecular formula is C11H11N3O3S. The molecule has 0 saturated carbocycles. The van der Waals surface area contributed by atoms with E-state index in [-0.39, 0.29) is 6.79 Å². The Morgan fingerprint density at radius 1 is 1.28 bits per heavy atom. The first-order valence-corrected chi connectivity index (χ1v) is 6.20. The van der Waals surface area contributed by atoms with Crippen molar-refractivity contribution in [1.29, 1.82) is 0 Å². The van der Waals surface area contributed by atoms with Gasteiger partial charge in [-0.05, 0) is 17.7 Å². The molecule has 3 rings (SSSR count). The SMILES string of the molecule is NCc1nnc(OCc2ccc3c(c2)OCO3)s1. The monoisotopic (exact) mass is 265 g/mol. The number of nitrogens with two attached hydrogens (primary N) is 1. The van der Waals surface area contributed by atoms with Crippen LogP contribution in [-0.4, -0.2) is 17.0 Å². The van der Waals surface area contributed by atoms with Crippen LogP contribution in [0.2, 0.25) is 0 Å². The second-order valence-corrected chi connectivity index (χ2v) is 4.67. The third-order valence-electron chi connectivity index (χ3n) is 2.42. The molecule has 0 spiro atoms. The number of hydrogen-bond donors (Lipinski definition) is 1. The molecule has 7 heteroatoms. The summed E-state index contributed by atoms with van der Waals surface area (Å²) in [5, 5.41) is 9.04. The van der Waals surface area contributed by atoms with Crippen molar-refractivity contribution in [3.8, 4) is 16.7 Å². The first-order valence-electron chi connectivity index (χ1n) is 5.39. The van der Waals surface area contributed by atoms with E-state index in [2.05, 4.69) is 10.2 Å². The number of benzene rings is 1. The van der Waals surface area contributed by atoms with Crippen LogP contribution in [0, 0.1) is 0 Å². The number of aromatic nitrogens is 2. The second-order valence-electron chi connectivity index (χ2n) is 3.64. The largest absolute Gasteiger partial charge is 0.464 e. The normalized spacial score (nSPS) is 12.7. The summed E-state index contributed by atoms with van der Waals surface area (Å²) >= 11 is 1.35. The van der Waals surface area contributed by atoms with Gasteiger partial charge >= 0.3 is 0 Å². The van der Waals surface area contributed by atoms with Gasteiger partial charge in [0.15, 0.2) is 11.5 Å². The zero-order valence-corrected chi connectivity index (χ0v) is 10.3. The smallest absolute Gasteiger partial charge is 0.294 e. The summed E-state index contributed by atoms with van der Waals surface area (Å²) in [6.45, 7) is 1.07. The van der Waals surface area contributed by atoms with Crippen LogP contribution < -0.4 is 19.9 Å². The van der Waals surface area contributed by atoms with E-state index in [0.717, 1.165) is 22.1 Å². The van der Waals surface area contributed by atoms with Gasteiger partial charge in [0.1, 0.15) is 11.6 Å². The number of ether oxygens (including phenoxy) is 3. The van der Waals surface area contributed by atoms with E-state index in [1.165, 1.54) is 11.3 Å². The molecule has 0 atom stereocenters. The molecule has 6 nitrogen and oxygen atoms in total. The molecular weight excluding hydrogens is 254 g/mol. The maximum atomic E-state index is 5.53. The lowest BCUT2D eigenvalue weighted by molar-refractivity contribution is 0.174. The summed E-state index contributed by atoms with van der Waals surface area (Å²) in [6.07, 6.45) is 0. The summed E-state index contributed by atoms with van der Waals surface area (Å²) in [4.78, 5) is 0. The lowest BCUT2D eigenvalue weighted by Gasteiger charge is -2.03. The first kappa shape index (κ1) is 11.2. The first-order chi connectivity index (χ1) is 8.85. The van der Waals surface area contributed by atoms with Crippen LogP contribution >= 0.6 is 11.3 Å². The van der Waals surface area contributed by atoms with Gasteiger partial charge in [-0.25, -0.2) is 0 Å². The summed E-state index contributed by atoms with van der Waals surface area (Å²) in [5.74, 6) is 1.51. The van der Waals surface area contributed by atoms with Crippen LogP contribution in [-0.2, 0) is 13.2 Å². The quantitative estimate of drug-likeness (QED) is 0.897. The highest BCUT2D eigenvalue weighted by atomic mass is 32.1. The topological polar surface area (TPSA) is 79.5 Å². The van der Waals surface area contributed by atoms with Gasteiger partial charge < -0.3 is 19.9 Å². The van der Waals surface area contributed by atoms with Crippen molar-refractivity contribution >= 4 is 11.3 Å². The minimum absolute atomic E-state index is 0.274. The highest BCUT2D eigenvalue weighted by molar-refractivity contribution is 7.13. The Bertz CT molecular complexity index is 558. The molecule has 18 heavy (non-hydrogen) atoms. The van der Waals surface area contributed by atoms with Gasteiger partial charge in [-0.15, -0.1) is 5.10 Å². The Labute approximate surface area is 107 Å². The Balaban J connectivity index is 1.66. The third kappa shape index (κ3) is 2.22. The standard InChI is InChI=1S/C11H11N3O3S/c12-4-10-13-14-11(18-10)15-5-7-1-2-8-9(3-7)17-6-16-8/h1-3H,4-6,12H2. The van der Waals surface area contributed by atoms with E-state index in [4.69, 9.17) is 19.9 Å². The lowest BCUT2D eigenvalue weighted by Crippen LogP contribution is -1.95. The fourth-order valence-corrected chi connectivity index (χ4v) is 2.12. The van der Waals surface area contributed by atoms with Crippen molar-refractivity contribution in [2.75, 3.05) is 6.79 Å². The zero-order valence-electron chi connectivity index (χ0n) is 9.46. The fraction of sp³-hybridized carbons (Fsp3) is 0.273. The molecule has 0 amide bonds. The van der Waals surface area contributed by atoms with Crippen LogP contribution in [0.1, 0.15) is 10.6 Å². The van der Waals surface area contributed by atoms with E-state index in [9.17, 15) is 0 Å². The molecule has 0 saturated heterocycles. The highest BCUT2D eigenvalue weighted by Gasteiger charge is 2.13. The number of fused-ring (bicyclic) bond motifs is 1. The molecule has 94 valence electrons. The molecule has 0 unspecified atom stereocenters. The second kappa shape index (κ2) is 4.79. The van der Waals surface area contributed by atoms with Crippen LogP contribution in [0.5, 0.6) is 16.7 Å². The minimum atomic E-state index is 0.274. The van der Waals surface area contributed by atoms with Crippen molar-refractivity contribution in [2.45, 2.75) is 13.2 Å². The van der Waals surface area contributed by atoms with E-state index < -0.39 is 0 Å². The molecule has 0 fully saturated rings. The summed E-state index contributed by atoms with van der Waals surface area (Å²) < 4.78 is 16.1. The number of hydrogen-bond acceptors (Lipinski definition) is 7. The predicted octanol–water partition coefficient (Wildman–Crippen LogP) is 1.30. The summed E-state index contributed by atoms with van der Waals surface area (Å²) in [7, 11) is 0. The summed E-state index contributed by atoms with van der Waals surface area (Å²) in [6, 6.07) is 5.69. The van der Waals surface area contributed by atoms with Gasteiger partial charge in [-0.1, -0.05) is 22.5 Å². The predicted molar refractivity (Wildman–Crippen MR) is 64.7 cm³/mol. The number of rotatable bonds is 4. The average molecular weight is 265 g/mol. The highest BCUT2D eigenvalue weighted by Crippen LogP contribution is 2.32. The van der Waals surface area contributed by atoms with Gasteiger partial charge in [0.2, 0.25) is 6.79 Å². The van der Waals surface area contributed by atoms with E-state index in [1.54, 1.807) is 0 Å². The van der Waals surface area contributed by atoms with Gasteiger partial charge in [-0.3, -0.25) is 0 Å². The third-order valence-corrected chi connectivity index (χ3v) is 3.28. The van der Waals surface area contributed by atoms with Crippen LogP contribution in [0.25, 0.3) is 0 Å². The minimum Gasteiger partial charge on any atom is -0.464 e. The maximum absolute atomic E-state index is 5.53. The van der Waals surface area contributed by atoms with Crippen LogP contribution in [0.15, 0.2) is 18.2 Å². The van der Waals surface area contributed by atoms with E-state index >= 15 is 0 Å². The van der Waals surface area contributed by atoms with E-state index in [1.807, 2.05) is 18.2 Å². The Hall–Kier alpha value is -1.86. The van der Waals surface area contributed by atoms with Crippen molar-refractivity contribution in [1.82, 2.24) is 10.2 Å². The van der Waals surface area contributed by atoms with Crippen molar-refractivity contribution in [3.63, 3.8) is 0 Å². The molecule has 1 aromatic heterocycles. The Morgan fingerprint density at radius 2 is 2.17 bits per heavy atom. The zero-order chi connectivity index (χ0) is 12.4. The fourth-order valence-electron chi connectivity index (χ4n) is 1.55. The van der Waals surface area contributed by atoms with Gasteiger partial charge in [0.05, 0.1) is 0 Å². The molecule has 2 aromatic rings. The molecule has 0 bridgehead atoms. The van der Waals surface area contributed by atoms with Crippen LogP contribution in [0.3, 0.4) is 0 Å². The van der Waals surface area contributed by atoms with Crippen LogP contribution in [0.4, 0.5) is 0 Å². The molecule has 0 aliphatic carbocycles. The maximum Gasteiger partial charge on any atom is 0.294 e. The Kier molecular flexibility index (Phi) is 2.99. The van der Waals surface area contributed by atoms with Crippen molar-refractivity contribution < 1.29 is 14.2 Å². The van der Waals surface area contributed by atoms with E-state index in [0.29, 0.717) is 18.3 Å². The average Bonchev–Trinajstić information content (AvgIpc) is 3.04. The molecule has 1 aliphatic rings. The van der Waals surface area contributed by atoms with Crippen molar-refractivity contribution in [2.24, 2.45) is 5.73 Å². The molecule has 0 radical (unpaired) electrons. The Morgan fingerprint density at radius 3 is 3.00 bits per heavy atom. The van der Waals surface area contributed by atoms with Gasteiger partial charge in [-0.2, -0.15) is 0 Å². The lowest BCUT2D eigenvalue weighted by atomic mass is 10.2.